The minimum atomic E-state index is -0.902. The molecule has 11 heteroatoms. The molecule has 0 aliphatic carbocycles. The van der Waals surface area contributed by atoms with Crippen LogP contribution in [0.4, 0.5) is 5.13 Å². The van der Waals surface area contributed by atoms with Gasteiger partial charge in [0, 0.05) is 28.7 Å². The number of ether oxygens (including phenoxy) is 1. The molecule has 39 heavy (non-hydrogen) atoms. The van der Waals surface area contributed by atoms with Crippen molar-refractivity contribution in [1.82, 2.24) is 15.2 Å². The Kier molecular flexibility index (Phi) is 8.25. The highest BCUT2D eigenvalue weighted by molar-refractivity contribution is 8.00. The summed E-state index contributed by atoms with van der Waals surface area (Å²) in [5.41, 5.74) is 2.04. The number of benzene rings is 2. The van der Waals surface area contributed by atoms with Crippen molar-refractivity contribution in [3.8, 4) is 5.75 Å². The standard InChI is InChI=1S/C28H23ClN4O4S2/c1-2-15-37-21-9-5-18(6-10-21)23-22(24(34)19-11-13-30-14-12-19)25(35)26(36)33(23)27-31-32-28(39-27)38-16-17-3-7-20(29)8-4-17/h3-14,23,34H,2,15-16H2,1H3/b24-22+. The second-order valence-corrected chi connectivity index (χ2v) is 11.2. The maximum absolute atomic E-state index is 13.4. The minimum absolute atomic E-state index is 0.0287. The number of nitrogens with zero attached hydrogens (tertiary/aromatic N) is 4. The van der Waals surface area contributed by atoms with Crippen LogP contribution in [0.5, 0.6) is 5.75 Å². The molecule has 1 amide bonds. The number of halogens is 1. The van der Waals surface area contributed by atoms with Crippen LogP contribution < -0.4 is 9.64 Å². The molecule has 0 spiro atoms. The Morgan fingerprint density at radius 1 is 1.05 bits per heavy atom. The zero-order valence-corrected chi connectivity index (χ0v) is 23.2. The molecule has 0 saturated carbocycles. The van der Waals surface area contributed by atoms with Crippen LogP contribution in [0.2, 0.25) is 5.02 Å². The van der Waals surface area contributed by atoms with Crippen molar-refractivity contribution in [2.45, 2.75) is 29.5 Å². The van der Waals surface area contributed by atoms with Crippen LogP contribution in [0.3, 0.4) is 0 Å². The van der Waals surface area contributed by atoms with Crippen molar-refractivity contribution in [2.75, 3.05) is 11.5 Å². The van der Waals surface area contributed by atoms with Gasteiger partial charge in [-0.15, -0.1) is 10.2 Å². The van der Waals surface area contributed by atoms with Crippen LogP contribution in [0.15, 0.2) is 83.0 Å². The first kappa shape index (κ1) is 26.9. The predicted octanol–water partition coefficient (Wildman–Crippen LogP) is 6.29. The van der Waals surface area contributed by atoms with Gasteiger partial charge in [0.05, 0.1) is 18.2 Å². The number of anilines is 1. The van der Waals surface area contributed by atoms with Crippen molar-refractivity contribution in [3.63, 3.8) is 0 Å². The molecule has 1 aliphatic rings. The first-order chi connectivity index (χ1) is 19.0. The molecule has 1 fully saturated rings. The fourth-order valence-electron chi connectivity index (χ4n) is 4.06. The summed E-state index contributed by atoms with van der Waals surface area (Å²) in [5.74, 6) is -0.562. The molecular formula is C28H23ClN4O4S2. The summed E-state index contributed by atoms with van der Waals surface area (Å²) in [6, 6.07) is 16.9. The lowest BCUT2D eigenvalue weighted by Gasteiger charge is -2.22. The summed E-state index contributed by atoms with van der Waals surface area (Å²) >= 11 is 8.65. The summed E-state index contributed by atoms with van der Waals surface area (Å²) in [7, 11) is 0. The number of amides is 1. The molecular weight excluding hydrogens is 556 g/mol. The van der Waals surface area contributed by atoms with Gasteiger partial charge in [-0.25, -0.2) is 0 Å². The number of Topliss-reactive ketones (excluding diaryl/α,β-unsaturated/α-hetero) is 1. The Morgan fingerprint density at radius 2 is 1.77 bits per heavy atom. The summed E-state index contributed by atoms with van der Waals surface area (Å²) in [4.78, 5) is 32.0. The highest BCUT2D eigenvalue weighted by Gasteiger charge is 2.48. The number of aliphatic hydroxyl groups is 1. The number of hydrogen-bond donors (Lipinski definition) is 1. The number of aliphatic hydroxyl groups excluding tert-OH is 1. The van der Waals surface area contributed by atoms with Gasteiger partial charge in [0.2, 0.25) is 5.13 Å². The van der Waals surface area contributed by atoms with E-state index in [1.807, 2.05) is 31.2 Å². The molecule has 2 aromatic heterocycles. The average molecular weight is 579 g/mol. The van der Waals surface area contributed by atoms with Crippen LogP contribution in [0, 0.1) is 0 Å². The van der Waals surface area contributed by atoms with Gasteiger partial charge in [0.25, 0.3) is 5.78 Å². The molecule has 5 rings (SSSR count). The van der Waals surface area contributed by atoms with Crippen LogP contribution in [-0.2, 0) is 15.3 Å². The molecule has 1 unspecified atom stereocenters. The second-order valence-electron chi connectivity index (χ2n) is 8.59. The Labute approximate surface area is 238 Å². The zero-order chi connectivity index (χ0) is 27.4. The van der Waals surface area contributed by atoms with E-state index in [2.05, 4.69) is 15.2 Å². The van der Waals surface area contributed by atoms with Gasteiger partial charge in [-0.05, 0) is 53.9 Å². The normalized spacial score (nSPS) is 16.6. The molecule has 1 N–H and O–H groups in total. The molecule has 0 bridgehead atoms. The number of ketones is 1. The van der Waals surface area contributed by atoms with E-state index < -0.39 is 17.7 Å². The van der Waals surface area contributed by atoms with E-state index in [0.717, 1.165) is 12.0 Å². The lowest BCUT2D eigenvalue weighted by atomic mass is 9.95. The minimum Gasteiger partial charge on any atom is -0.507 e. The van der Waals surface area contributed by atoms with Crippen LogP contribution >= 0.6 is 34.7 Å². The number of hydrogen-bond acceptors (Lipinski definition) is 9. The van der Waals surface area contributed by atoms with E-state index in [1.165, 1.54) is 40.4 Å². The number of carbonyl (C=O) groups is 2. The lowest BCUT2D eigenvalue weighted by molar-refractivity contribution is -0.132. The molecule has 0 radical (unpaired) electrons. The first-order valence-corrected chi connectivity index (χ1v) is 14.3. The summed E-state index contributed by atoms with van der Waals surface area (Å²) in [6.45, 7) is 2.59. The highest BCUT2D eigenvalue weighted by atomic mass is 35.5. The van der Waals surface area contributed by atoms with E-state index in [9.17, 15) is 14.7 Å². The van der Waals surface area contributed by atoms with Gasteiger partial charge in [0.15, 0.2) is 4.34 Å². The fourth-order valence-corrected chi connectivity index (χ4v) is 6.01. The molecule has 198 valence electrons. The number of rotatable bonds is 9. The molecule has 4 aromatic rings. The van der Waals surface area contributed by atoms with Gasteiger partial charge < -0.3 is 9.84 Å². The van der Waals surface area contributed by atoms with E-state index in [1.54, 1.807) is 36.4 Å². The fraction of sp³-hybridized carbons (Fsp3) is 0.179. The quantitative estimate of drug-likeness (QED) is 0.0811. The van der Waals surface area contributed by atoms with E-state index in [4.69, 9.17) is 16.3 Å². The van der Waals surface area contributed by atoms with Crippen LogP contribution in [0.1, 0.15) is 36.1 Å². The predicted molar refractivity (Wildman–Crippen MR) is 152 cm³/mol. The lowest BCUT2D eigenvalue weighted by Crippen LogP contribution is -2.29. The SMILES string of the molecule is CCCOc1ccc(C2/C(=C(\O)c3ccncc3)C(=O)C(=O)N2c2nnc(SCc3ccc(Cl)cc3)s2)cc1. The average Bonchev–Trinajstić information content (AvgIpc) is 3.54. The maximum atomic E-state index is 13.4. The Hall–Kier alpha value is -3.73. The van der Waals surface area contributed by atoms with Crippen molar-refractivity contribution < 1.29 is 19.4 Å². The molecule has 1 aliphatic heterocycles. The number of carbonyl (C=O) groups excluding carboxylic acids is 2. The Bertz CT molecular complexity index is 1510. The van der Waals surface area contributed by atoms with Crippen molar-refractivity contribution in [1.29, 1.82) is 0 Å². The Morgan fingerprint density at radius 3 is 2.46 bits per heavy atom. The third kappa shape index (κ3) is 5.83. The number of thioether (sulfide) groups is 1. The zero-order valence-electron chi connectivity index (χ0n) is 20.8. The highest BCUT2D eigenvalue weighted by Crippen LogP contribution is 2.44. The smallest absolute Gasteiger partial charge is 0.301 e. The van der Waals surface area contributed by atoms with Gasteiger partial charge in [-0.1, -0.05) is 65.9 Å². The van der Waals surface area contributed by atoms with Crippen LogP contribution in [0.25, 0.3) is 5.76 Å². The topological polar surface area (TPSA) is 106 Å². The third-order valence-corrected chi connectivity index (χ3v) is 8.32. The van der Waals surface area contributed by atoms with Gasteiger partial charge in [-0.2, -0.15) is 0 Å². The molecule has 2 aromatic carbocycles. The maximum Gasteiger partial charge on any atom is 0.301 e. The van der Waals surface area contributed by atoms with E-state index in [-0.39, 0.29) is 16.5 Å². The third-order valence-electron chi connectivity index (χ3n) is 5.94. The Balaban J connectivity index is 1.51. The molecule has 8 nitrogen and oxygen atoms in total. The van der Waals surface area contributed by atoms with Crippen molar-refractivity contribution >= 4 is 57.3 Å². The molecule has 1 atom stereocenters. The van der Waals surface area contributed by atoms with Gasteiger partial charge in [0.1, 0.15) is 11.5 Å². The molecule has 1 saturated heterocycles. The summed E-state index contributed by atoms with van der Waals surface area (Å²) in [6.07, 6.45) is 3.88. The first-order valence-electron chi connectivity index (χ1n) is 12.1. The van der Waals surface area contributed by atoms with Crippen molar-refractivity contribution in [3.05, 3.63) is 100 Å². The number of pyridine rings is 1. The monoisotopic (exact) mass is 578 g/mol. The van der Waals surface area contributed by atoms with Crippen molar-refractivity contribution in [2.24, 2.45) is 0 Å². The molecule has 3 heterocycles. The van der Waals surface area contributed by atoms with Gasteiger partial charge in [-0.3, -0.25) is 19.5 Å². The van der Waals surface area contributed by atoms with E-state index >= 15 is 0 Å². The van der Waals surface area contributed by atoms with Gasteiger partial charge >= 0.3 is 5.91 Å². The second kappa shape index (κ2) is 12.0. The summed E-state index contributed by atoms with van der Waals surface area (Å²) < 4.78 is 6.33. The van der Waals surface area contributed by atoms with Crippen LogP contribution in [-0.4, -0.2) is 38.6 Å². The van der Waals surface area contributed by atoms with E-state index in [0.29, 0.717) is 38.6 Å². The number of aromatic nitrogens is 3. The largest absolute Gasteiger partial charge is 0.507 e. The summed E-state index contributed by atoms with van der Waals surface area (Å²) in [5, 5.41) is 20.6.